The zero-order chi connectivity index (χ0) is 28.2. The number of carboxylic acid groups (broad SMARTS) is 1. The van der Waals surface area contributed by atoms with Gasteiger partial charge in [-0.2, -0.15) is 4.57 Å². The van der Waals surface area contributed by atoms with Crippen LogP contribution in [0.2, 0.25) is 0 Å². The van der Waals surface area contributed by atoms with Crippen LogP contribution < -0.4 is 26.4 Å². The molecular formula is C34H35BrN2O2S2. The van der Waals surface area contributed by atoms with Gasteiger partial charge in [0.25, 0.3) is 5.01 Å². The first-order valence-corrected chi connectivity index (χ1v) is 15.2. The quantitative estimate of drug-likeness (QED) is 0.199. The fraction of sp³-hybridized carbons (Fsp3) is 0.235. The topological polar surface area (TPSA) is 44.4 Å². The largest absolute Gasteiger partial charge is 1.00 e. The normalized spacial score (nSPS) is 14.2. The van der Waals surface area contributed by atoms with E-state index in [1.54, 1.807) is 11.3 Å². The number of halogens is 1. The molecule has 4 aromatic rings. The lowest BCUT2D eigenvalue weighted by Gasteiger charge is -2.21. The summed E-state index contributed by atoms with van der Waals surface area (Å²) in [6.07, 6.45) is 9.73. The third-order valence-electron chi connectivity index (χ3n) is 7.23. The molecule has 0 amide bonds. The van der Waals surface area contributed by atoms with Crippen LogP contribution in [-0.4, -0.2) is 17.6 Å². The molecule has 1 aliphatic rings. The second-order valence-corrected chi connectivity index (χ2v) is 12.5. The van der Waals surface area contributed by atoms with Gasteiger partial charge in [-0.15, -0.1) is 0 Å². The molecule has 1 N–H and O–H groups in total. The van der Waals surface area contributed by atoms with Crippen LogP contribution in [0.5, 0.6) is 0 Å². The van der Waals surface area contributed by atoms with Crippen LogP contribution >= 0.6 is 23.1 Å². The van der Waals surface area contributed by atoms with E-state index in [1.807, 2.05) is 11.8 Å². The van der Waals surface area contributed by atoms with Crippen molar-refractivity contribution in [3.05, 3.63) is 117 Å². The molecule has 1 aliphatic heterocycles. The fourth-order valence-electron chi connectivity index (χ4n) is 4.83. The number of thioether (sulfide) groups is 1. The minimum atomic E-state index is -0.783. The Morgan fingerprint density at radius 2 is 1.78 bits per heavy atom. The van der Waals surface area contributed by atoms with Crippen LogP contribution in [0.3, 0.4) is 0 Å². The van der Waals surface area contributed by atoms with Crippen molar-refractivity contribution in [3.8, 4) is 0 Å². The number of carbonyl (C=O) groups is 1. The van der Waals surface area contributed by atoms with Crippen molar-refractivity contribution < 1.29 is 31.4 Å². The standard InChI is InChI=1S/C34H34N2O2S2.BrH/c1-23(11-14-32-35(19-17-34(37)38)28-13-10-24(2)20-30(28)39-32)12-15-33-36(18-16-27-8-6-5-7-9-27)29-21-25(3)26(4)22-31(29)40-33;/h5-15,20-22H,16-19H2,1-4H3;1H. The Bertz CT molecular complexity index is 1650. The monoisotopic (exact) mass is 646 g/mol. The first-order chi connectivity index (χ1) is 19.3. The number of hydrogen-bond donors (Lipinski definition) is 1. The van der Waals surface area contributed by atoms with Gasteiger partial charge in [-0.05, 0) is 80.6 Å². The minimum Gasteiger partial charge on any atom is -1.00 e. The van der Waals surface area contributed by atoms with Crippen LogP contribution in [0.1, 0.15) is 40.6 Å². The number of nitrogens with zero attached hydrogens (tertiary/aromatic N) is 2. The summed E-state index contributed by atoms with van der Waals surface area (Å²) in [7, 11) is 0. The van der Waals surface area contributed by atoms with Crippen molar-refractivity contribution >= 4 is 51.0 Å². The van der Waals surface area contributed by atoms with Gasteiger partial charge in [0, 0.05) is 23.6 Å². The number of thiazole rings is 1. The van der Waals surface area contributed by atoms with E-state index < -0.39 is 5.97 Å². The van der Waals surface area contributed by atoms with Crippen LogP contribution in [0.25, 0.3) is 16.3 Å². The molecule has 0 atom stereocenters. The number of anilines is 1. The summed E-state index contributed by atoms with van der Waals surface area (Å²) >= 11 is 3.54. The van der Waals surface area contributed by atoms with E-state index in [9.17, 15) is 9.90 Å². The summed E-state index contributed by atoms with van der Waals surface area (Å²) in [5.74, 6) is -0.783. The number of aliphatic carboxylic acids is 1. The number of aryl methyl sites for hydroxylation is 4. The molecule has 4 nitrogen and oxygen atoms in total. The number of hydrogen-bond acceptors (Lipinski definition) is 4. The molecular weight excluding hydrogens is 612 g/mol. The molecule has 41 heavy (non-hydrogen) atoms. The molecule has 7 heteroatoms. The Labute approximate surface area is 261 Å². The number of carboxylic acids is 1. The van der Waals surface area contributed by atoms with Gasteiger partial charge < -0.3 is 27.0 Å². The van der Waals surface area contributed by atoms with E-state index in [-0.39, 0.29) is 23.4 Å². The summed E-state index contributed by atoms with van der Waals surface area (Å²) in [5, 5.41) is 11.6. The van der Waals surface area contributed by atoms with Gasteiger partial charge in [-0.1, -0.05) is 77.2 Å². The van der Waals surface area contributed by atoms with Gasteiger partial charge in [0.15, 0.2) is 6.54 Å². The zero-order valence-electron chi connectivity index (χ0n) is 23.9. The molecule has 0 radical (unpaired) electrons. The maximum atomic E-state index is 11.3. The lowest BCUT2D eigenvalue weighted by molar-refractivity contribution is -0.667. The fourth-order valence-corrected chi connectivity index (χ4v) is 7.19. The van der Waals surface area contributed by atoms with Gasteiger partial charge in [0.05, 0.1) is 10.7 Å². The van der Waals surface area contributed by atoms with Crippen molar-refractivity contribution in [2.75, 3.05) is 11.4 Å². The number of fused-ring (bicyclic) bond motifs is 2. The lowest BCUT2D eigenvalue weighted by Crippen LogP contribution is -3.00. The second-order valence-electron chi connectivity index (χ2n) is 10.3. The van der Waals surface area contributed by atoms with Crippen molar-refractivity contribution in [1.82, 2.24) is 0 Å². The van der Waals surface area contributed by atoms with Gasteiger partial charge in [-0.25, -0.2) is 0 Å². The molecule has 2 heterocycles. The highest BCUT2D eigenvalue weighted by atomic mass is 79.9. The van der Waals surface area contributed by atoms with E-state index in [2.05, 4.69) is 122 Å². The predicted octanol–water partition coefficient (Wildman–Crippen LogP) is 5.25. The smallest absolute Gasteiger partial charge is 0.309 e. The van der Waals surface area contributed by atoms with E-state index in [0.29, 0.717) is 6.54 Å². The molecule has 0 saturated carbocycles. The molecule has 0 bridgehead atoms. The molecule has 0 unspecified atom stereocenters. The Balaban J connectivity index is 0.00000387. The van der Waals surface area contributed by atoms with Crippen molar-refractivity contribution in [2.45, 2.75) is 52.0 Å². The Morgan fingerprint density at radius 3 is 2.54 bits per heavy atom. The van der Waals surface area contributed by atoms with E-state index >= 15 is 0 Å². The Hall–Kier alpha value is -3.13. The minimum absolute atomic E-state index is 0. The van der Waals surface area contributed by atoms with Crippen LogP contribution in [-0.2, 0) is 17.8 Å². The third kappa shape index (κ3) is 7.39. The lowest BCUT2D eigenvalue weighted by atomic mass is 10.1. The van der Waals surface area contributed by atoms with Crippen molar-refractivity contribution in [1.29, 1.82) is 0 Å². The van der Waals surface area contributed by atoms with Crippen LogP contribution in [0.15, 0.2) is 94.4 Å². The highest BCUT2D eigenvalue weighted by Crippen LogP contribution is 2.47. The van der Waals surface area contributed by atoms with Crippen LogP contribution in [0.4, 0.5) is 5.69 Å². The van der Waals surface area contributed by atoms with E-state index in [1.165, 1.54) is 42.6 Å². The Morgan fingerprint density at radius 1 is 1.02 bits per heavy atom. The van der Waals surface area contributed by atoms with Crippen molar-refractivity contribution in [2.24, 2.45) is 0 Å². The first kappa shape index (κ1) is 30.8. The summed E-state index contributed by atoms with van der Waals surface area (Å²) in [6, 6.07) is 21.6. The van der Waals surface area contributed by atoms with Gasteiger partial charge in [0.1, 0.15) is 11.1 Å². The van der Waals surface area contributed by atoms with E-state index in [4.69, 9.17) is 0 Å². The van der Waals surface area contributed by atoms with Gasteiger partial charge in [0.2, 0.25) is 5.52 Å². The maximum Gasteiger partial charge on any atom is 0.309 e. The molecule has 0 fully saturated rings. The number of allylic oxidation sites excluding steroid dienone is 4. The van der Waals surface area contributed by atoms with E-state index in [0.717, 1.165) is 29.1 Å². The average molecular weight is 648 g/mol. The molecule has 0 saturated heterocycles. The maximum absolute atomic E-state index is 11.3. The van der Waals surface area contributed by atoms with Crippen molar-refractivity contribution in [3.63, 3.8) is 0 Å². The van der Waals surface area contributed by atoms with Gasteiger partial charge >= 0.3 is 5.97 Å². The molecule has 5 rings (SSSR count). The molecule has 1 aromatic heterocycles. The SMILES string of the molecule is CC(C=Cc1sc2cc(C)ccc2[n+]1CCC(=O)O)=CC=C1Sc2cc(C)c(C)cc2N1CCc1ccccc1.[Br-]. The molecule has 0 aliphatic carbocycles. The molecule has 3 aromatic carbocycles. The predicted molar refractivity (Wildman–Crippen MR) is 169 cm³/mol. The summed E-state index contributed by atoms with van der Waals surface area (Å²) in [6.45, 7) is 9.94. The highest BCUT2D eigenvalue weighted by molar-refractivity contribution is 8.03. The highest BCUT2D eigenvalue weighted by Gasteiger charge is 2.25. The van der Waals surface area contributed by atoms with Crippen LogP contribution in [0, 0.1) is 20.8 Å². The molecule has 0 spiro atoms. The third-order valence-corrected chi connectivity index (χ3v) is 9.45. The summed E-state index contributed by atoms with van der Waals surface area (Å²) in [4.78, 5) is 15.1. The number of benzene rings is 3. The first-order valence-electron chi connectivity index (χ1n) is 13.6. The zero-order valence-corrected chi connectivity index (χ0v) is 27.1. The van der Waals surface area contributed by atoms with Gasteiger partial charge in [-0.3, -0.25) is 4.79 Å². The number of rotatable bonds is 9. The Kier molecular flexibility index (Phi) is 10.3. The molecule has 212 valence electrons. The average Bonchev–Trinajstić information content (AvgIpc) is 3.45. The summed E-state index contributed by atoms with van der Waals surface area (Å²) in [5.41, 5.74) is 8.69. The number of aromatic nitrogens is 1. The summed E-state index contributed by atoms with van der Waals surface area (Å²) < 4.78 is 3.29. The second kappa shape index (κ2) is 13.7.